The van der Waals surface area contributed by atoms with E-state index in [9.17, 15) is 0 Å². The van der Waals surface area contributed by atoms with Crippen molar-refractivity contribution in [3.8, 4) is 0 Å². The minimum atomic E-state index is 0. The van der Waals surface area contributed by atoms with Gasteiger partial charge in [0.05, 0.1) is 23.1 Å². The maximum atomic E-state index is 4.71. The van der Waals surface area contributed by atoms with Crippen molar-refractivity contribution in [3.05, 3.63) is 60.2 Å². The van der Waals surface area contributed by atoms with E-state index in [1.54, 1.807) is 0 Å². The number of aromatic nitrogens is 2. The largest absolute Gasteiger partial charge is 0.368 e. The maximum absolute atomic E-state index is 4.71. The van der Waals surface area contributed by atoms with E-state index in [2.05, 4.69) is 63.2 Å². The quantitative estimate of drug-likeness (QED) is 0.583. The number of nitrogens with zero attached hydrogens (tertiary/aromatic N) is 3. The average Bonchev–Trinajstić information content (AvgIpc) is 3.21. The Bertz CT molecular complexity index is 1060. The molecule has 1 aliphatic rings. The van der Waals surface area contributed by atoms with Gasteiger partial charge in [0.15, 0.2) is 0 Å². The highest BCUT2D eigenvalue weighted by molar-refractivity contribution is 6.03. The number of pyridine rings is 1. The second-order valence-electron chi connectivity index (χ2n) is 5.56. The number of hydrogen-bond donors (Lipinski definition) is 1. The zero-order valence-electron chi connectivity index (χ0n) is 12.4. The van der Waals surface area contributed by atoms with Crippen LogP contribution in [-0.2, 0) is 0 Å². The lowest BCUT2D eigenvalue weighted by molar-refractivity contribution is 0.960. The summed E-state index contributed by atoms with van der Waals surface area (Å²) in [6, 6.07) is 19.0. The lowest BCUT2D eigenvalue weighted by atomic mass is 10.1. The Kier molecular flexibility index (Phi) is 3.20. The summed E-state index contributed by atoms with van der Waals surface area (Å²) in [5, 5.41) is 4.55. The highest BCUT2D eigenvalue weighted by atomic mass is 35.5. The smallest absolute Gasteiger partial charge is 0.138 e. The molecule has 0 saturated carbocycles. The molecule has 5 heteroatoms. The van der Waals surface area contributed by atoms with Crippen molar-refractivity contribution in [2.24, 2.45) is 4.99 Å². The molecule has 0 aliphatic carbocycles. The van der Waals surface area contributed by atoms with Crippen LogP contribution in [0.3, 0.4) is 0 Å². The lowest BCUT2D eigenvalue weighted by Gasteiger charge is -2.07. The fraction of sp³-hybridized carbons (Fsp3) is 0.111. The SMILES string of the molecule is Cl.c1ccc2c(c1)nc1ccc3ccc(C4=NCCN4)cc3n12. The van der Waals surface area contributed by atoms with E-state index < -0.39 is 0 Å². The first kappa shape index (κ1) is 14.0. The molecule has 114 valence electrons. The first-order valence-corrected chi connectivity index (χ1v) is 7.49. The summed E-state index contributed by atoms with van der Waals surface area (Å²) >= 11 is 0. The number of benzene rings is 2. The first-order valence-electron chi connectivity index (χ1n) is 7.49. The third-order valence-electron chi connectivity index (χ3n) is 4.22. The minimum absolute atomic E-state index is 0. The Balaban J connectivity index is 0.00000135. The number of hydrogen-bond acceptors (Lipinski definition) is 3. The van der Waals surface area contributed by atoms with Gasteiger partial charge in [0.25, 0.3) is 0 Å². The molecule has 0 bridgehead atoms. The van der Waals surface area contributed by atoms with Crippen LogP contribution in [0.25, 0.3) is 27.6 Å². The zero-order chi connectivity index (χ0) is 14.5. The molecule has 0 spiro atoms. The van der Waals surface area contributed by atoms with Crippen molar-refractivity contribution in [2.45, 2.75) is 0 Å². The van der Waals surface area contributed by atoms with Crippen LogP contribution in [0.15, 0.2) is 59.6 Å². The molecule has 1 aliphatic heterocycles. The van der Waals surface area contributed by atoms with Crippen LogP contribution in [0.5, 0.6) is 0 Å². The van der Waals surface area contributed by atoms with Gasteiger partial charge in [-0.15, -0.1) is 12.4 Å². The number of halogens is 1. The van der Waals surface area contributed by atoms with Crippen LogP contribution < -0.4 is 5.32 Å². The zero-order valence-corrected chi connectivity index (χ0v) is 13.2. The summed E-state index contributed by atoms with van der Waals surface area (Å²) in [6.45, 7) is 1.77. The third-order valence-corrected chi connectivity index (χ3v) is 4.22. The van der Waals surface area contributed by atoms with Crippen LogP contribution in [0.2, 0.25) is 0 Å². The van der Waals surface area contributed by atoms with Crippen molar-refractivity contribution in [3.63, 3.8) is 0 Å². The summed E-state index contributed by atoms with van der Waals surface area (Å²) in [5.74, 6) is 0.989. The minimum Gasteiger partial charge on any atom is -0.368 e. The molecule has 0 unspecified atom stereocenters. The molecule has 0 fully saturated rings. The van der Waals surface area contributed by atoms with Gasteiger partial charge in [-0.2, -0.15) is 0 Å². The number of fused-ring (bicyclic) bond motifs is 5. The molecule has 0 saturated heterocycles. The topological polar surface area (TPSA) is 41.7 Å². The first-order chi connectivity index (χ1) is 10.9. The van der Waals surface area contributed by atoms with E-state index in [1.165, 1.54) is 10.9 Å². The van der Waals surface area contributed by atoms with Crippen LogP contribution in [-0.4, -0.2) is 28.3 Å². The number of amidine groups is 1. The molecular formula is C18H15ClN4. The number of aliphatic imine (C=N–C) groups is 1. The van der Waals surface area contributed by atoms with Gasteiger partial charge in [-0.3, -0.25) is 9.39 Å². The highest BCUT2D eigenvalue weighted by Crippen LogP contribution is 2.24. The molecule has 3 heterocycles. The van der Waals surface area contributed by atoms with Gasteiger partial charge in [-0.1, -0.05) is 24.3 Å². The number of nitrogens with one attached hydrogen (secondary N) is 1. The Labute approximate surface area is 139 Å². The molecule has 1 N–H and O–H groups in total. The van der Waals surface area contributed by atoms with Crippen LogP contribution >= 0.6 is 12.4 Å². The van der Waals surface area contributed by atoms with E-state index in [1.807, 2.05) is 6.07 Å². The molecule has 0 radical (unpaired) electrons. The Morgan fingerprint density at radius 2 is 1.83 bits per heavy atom. The molecule has 5 rings (SSSR count). The van der Waals surface area contributed by atoms with Gasteiger partial charge in [0.1, 0.15) is 11.5 Å². The van der Waals surface area contributed by atoms with E-state index in [0.29, 0.717) is 0 Å². The summed E-state index contributed by atoms with van der Waals surface area (Å²) in [6.07, 6.45) is 0. The van der Waals surface area contributed by atoms with Crippen molar-refractivity contribution in [2.75, 3.05) is 13.1 Å². The van der Waals surface area contributed by atoms with Crippen LogP contribution in [0, 0.1) is 0 Å². The molecular weight excluding hydrogens is 308 g/mol. The molecule has 4 aromatic rings. The van der Waals surface area contributed by atoms with Crippen LogP contribution in [0.4, 0.5) is 0 Å². The number of rotatable bonds is 1. The number of imidazole rings is 1. The van der Waals surface area contributed by atoms with Gasteiger partial charge in [0.2, 0.25) is 0 Å². The second kappa shape index (κ2) is 5.25. The van der Waals surface area contributed by atoms with Crippen molar-refractivity contribution < 1.29 is 0 Å². The van der Waals surface area contributed by atoms with Gasteiger partial charge >= 0.3 is 0 Å². The molecule has 4 nitrogen and oxygen atoms in total. The Hall–Kier alpha value is -2.59. The van der Waals surface area contributed by atoms with Crippen molar-refractivity contribution in [1.29, 1.82) is 0 Å². The predicted octanol–water partition coefficient (Wildman–Crippen LogP) is 3.41. The van der Waals surface area contributed by atoms with Gasteiger partial charge in [-0.05, 0) is 35.7 Å². The van der Waals surface area contributed by atoms with E-state index in [-0.39, 0.29) is 12.4 Å². The second-order valence-corrected chi connectivity index (χ2v) is 5.56. The Morgan fingerprint density at radius 3 is 2.70 bits per heavy atom. The van der Waals surface area contributed by atoms with Crippen molar-refractivity contribution in [1.82, 2.24) is 14.7 Å². The molecule has 0 amide bonds. The third kappa shape index (κ3) is 2.06. The van der Waals surface area contributed by atoms with Crippen LogP contribution in [0.1, 0.15) is 5.56 Å². The molecule has 0 atom stereocenters. The van der Waals surface area contributed by atoms with Gasteiger partial charge in [0, 0.05) is 12.1 Å². The van der Waals surface area contributed by atoms with E-state index in [4.69, 9.17) is 4.98 Å². The summed E-state index contributed by atoms with van der Waals surface area (Å²) in [5.41, 5.74) is 5.45. The molecule has 2 aromatic heterocycles. The molecule has 2 aromatic carbocycles. The monoisotopic (exact) mass is 322 g/mol. The maximum Gasteiger partial charge on any atom is 0.138 e. The highest BCUT2D eigenvalue weighted by Gasteiger charge is 2.11. The fourth-order valence-electron chi connectivity index (χ4n) is 3.19. The summed E-state index contributed by atoms with van der Waals surface area (Å²) in [4.78, 5) is 9.23. The van der Waals surface area contributed by atoms with Crippen molar-refractivity contribution >= 4 is 45.8 Å². The standard InChI is InChI=1S/C18H14N4.ClH/c1-2-4-15-14(3-1)21-17-8-7-12-5-6-13(11-16(12)22(15)17)18-19-9-10-20-18;/h1-8,11H,9-10H2,(H,19,20);1H. The van der Waals surface area contributed by atoms with Gasteiger partial charge < -0.3 is 5.32 Å². The Morgan fingerprint density at radius 1 is 0.957 bits per heavy atom. The van der Waals surface area contributed by atoms with E-state index >= 15 is 0 Å². The van der Waals surface area contributed by atoms with E-state index in [0.717, 1.165) is 41.2 Å². The normalized spacial score (nSPS) is 14.0. The summed E-state index contributed by atoms with van der Waals surface area (Å²) < 4.78 is 2.23. The average molecular weight is 323 g/mol. The van der Waals surface area contributed by atoms with Gasteiger partial charge in [-0.25, -0.2) is 4.98 Å². The molecule has 23 heavy (non-hydrogen) atoms. The fourth-order valence-corrected chi connectivity index (χ4v) is 3.19. The lowest BCUT2D eigenvalue weighted by Crippen LogP contribution is -2.19. The predicted molar refractivity (Wildman–Crippen MR) is 96.9 cm³/mol. The summed E-state index contributed by atoms with van der Waals surface area (Å²) in [7, 11) is 0. The number of para-hydroxylation sites is 2.